The highest BCUT2D eigenvalue weighted by Crippen LogP contribution is 2.26. The maximum Gasteiger partial charge on any atom is 0.0390 e. The number of fused-ring (bicyclic) bond motifs is 1. The van der Waals surface area contributed by atoms with Gasteiger partial charge in [-0.2, -0.15) is 0 Å². The van der Waals surface area contributed by atoms with Crippen molar-refractivity contribution in [3.8, 4) is 0 Å². The molecule has 1 unspecified atom stereocenters. The molecule has 0 aliphatic rings. The minimum absolute atomic E-state index is 0.361. The molecule has 3 aromatic rings. The van der Waals surface area contributed by atoms with Crippen LogP contribution in [0.5, 0.6) is 0 Å². The summed E-state index contributed by atoms with van der Waals surface area (Å²) in [6.45, 7) is 2.09. The maximum atomic E-state index is 6.55. The van der Waals surface area contributed by atoms with Crippen molar-refractivity contribution in [1.82, 2.24) is 0 Å². The van der Waals surface area contributed by atoms with E-state index in [9.17, 15) is 0 Å². The number of benzene rings is 3. The predicted molar refractivity (Wildman–Crippen MR) is 89.1 cm³/mol. The maximum absolute atomic E-state index is 6.55. The molecule has 21 heavy (non-hydrogen) atoms. The molecule has 1 atom stereocenters. The molecule has 0 saturated carbocycles. The van der Waals surface area contributed by atoms with Gasteiger partial charge in [-0.15, -0.1) is 0 Å². The van der Waals surface area contributed by atoms with Gasteiger partial charge in [-0.05, 0) is 59.9 Å². The van der Waals surface area contributed by atoms with Gasteiger partial charge in [0, 0.05) is 5.54 Å². The summed E-state index contributed by atoms with van der Waals surface area (Å²) in [4.78, 5) is 0. The minimum Gasteiger partial charge on any atom is -0.322 e. The molecule has 0 heterocycles. The summed E-state index contributed by atoms with van der Waals surface area (Å²) in [6.07, 6.45) is 1.89. The molecule has 0 amide bonds. The predicted octanol–water partition coefficient (Wildman–Crippen LogP) is 4.45. The largest absolute Gasteiger partial charge is 0.322 e. The SMILES string of the molecule is CC(N)(CCc1ccccc1)c1[c]cc2ccccc2c1. The average molecular weight is 274 g/mol. The van der Waals surface area contributed by atoms with Crippen LogP contribution in [0.2, 0.25) is 0 Å². The lowest BCUT2D eigenvalue weighted by molar-refractivity contribution is 0.452. The number of nitrogens with two attached hydrogens (primary N) is 1. The first-order valence-corrected chi connectivity index (χ1v) is 7.39. The Morgan fingerprint density at radius 1 is 0.952 bits per heavy atom. The van der Waals surface area contributed by atoms with Crippen molar-refractivity contribution >= 4 is 10.8 Å². The third-order valence-corrected chi connectivity index (χ3v) is 4.07. The first-order valence-electron chi connectivity index (χ1n) is 7.39. The molecule has 3 rings (SSSR count). The van der Waals surface area contributed by atoms with Crippen molar-refractivity contribution in [1.29, 1.82) is 0 Å². The topological polar surface area (TPSA) is 26.0 Å². The molecule has 1 radical (unpaired) electrons. The van der Waals surface area contributed by atoms with Gasteiger partial charge in [-0.25, -0.2) is 0 Å². The second-order valence-corrected chi connectivity index (χ2v) is 5.88. The van der Waals surface area contributed by atoms with E-state index in [0.29, 0.717) is 0 Å². The molecular weight excluding hydrogens is 254 g/mol. The number of hydrogen-bond acceptors (Lipinski definition) is 1. The number of aryl methyl sites for hydroxylation is 1. The fraction of sp³-hybridized carbons (Fsp3) is 0.200. The molecule has 1 heteroatoms. The van der Waals surface area contributed by atoms with Crippen molar-refractivity contribution in [2.75, 3.05) is 0 Å². The molecule has 2 N–H and O–H groups in total. The van der Waals surface area contributed by atoms with E-state index in [2.05, 4.69) is 61.5 Å². The molecule has 0 saturated heterocycles. The smallest absolute Gasteiger partial charge is 0.0390 e. The second kappa shape index (κ2) is 5.71. The summed E-state index contributed by atoms with van der Waals surface area (Å²) in [5, 5.41) is 2.43. The van der Waals surface area contributed by atoms with E-state index in [1.807, 2.05) is 18.2 Å². The minimum atomic E-state index is -0.361. The lowest BCUT2D eigenvalue weighted by Gasteiger charge is -2.25. The van der Waals surface area contributed by atoms with Crippen molar-refractivity contribution in [2.24, 2.45) is 5.73 Å². The molecule has 0 bridgehead atoms. The highest BCUT2D eigenvalue weighted by Gasteiger charge is 2.21. The van der Waals surface area contributed by atoms with Crippen molar-refractivity contribution in [2.45, 2.75) is 25.3 Å². The van der Waals surface area contributed by atoms with Crippen LogP contribution in [0.15, 0.2) is 66.7 Å². The van der Waals surface area contributed by atoms with E-state index >= 15 is 0 Å². The van der Waals surface area contributed by atoms with E-state index in [1.165, 1.54) is 16.3 Å². The summed E-state index contributed by atoms with van der Waals surface area (Å²) in [7, 11) is 0. The zero-order valence-electron chi connectivity index (χ0n) is 12.3. The molecule has 105 valence electrons. The molecular formula is C20H20N. The van der Waals surface area contributed by atoms with Crippen LogP contribution < -0.4 is 5.73 Å². The van der Waals surface area contributed by atoms with Gasteiger partial charge < -0.3 is 5.73 Å². The van der Waals surface area contributed by atoms with Gasteiger partial charge in [0.25, 0.3) is 0 Å². The molecule has 0 aromatic heterocycles. The summed E-state index contributed by atoms with van der Waals surface area (Å²) < 4.78 is 0. The van der Waals surface area contributed by atoms with E-state index in [-0.39, 0.29) is 5.54 Å². The Hall–Kier alpha value is -2.12. The van der Waals surface area contributed by atoms with Gasteiger partial charge in [-0.3, -0.25) is 0 Å². The fourth-order valence-electron chi connectivity index (χ4n) is 2.64. The molecule has 0 aliphatic carbocycles. The quantitative estimate of drug-likeness (QED) is 0.747. The van der Waals surface area contributed by atoms with Gasteiger partial charge in [0.2, 0.25) is 0 Å². The monoisotopic (exact) mass is 274 g/mol. The summed E-state index contributed by atoms with van der Waals surface area (Å²) in [5.74, 6) is 0. The van der Waals surface area contributed by atoms with Gasteiger partial charge in [-0.1, -0.05) is 54.6 Å². The van der Waals surface area contributed by atoms with Crippen LogP contribution in [0.25, 0.3) is 10.8 Å². The lowest BCUT2D eigenvalue weighted by atomic mass is 9.86. The Morgan fingerprint density at radius 3 is 2.38 bits per heavy atom. The average Bonchev–Trinajstić information content (AvgIpc) is 2.53. The van der Waals surface area contributed by atoms with Crippen LogP contribution in [0, 0.1) is 6.07 Å². The van der Waals surface area contributed by atoms with Gasteiger partial charge in [0.05, 0.1) is 0 Å². The van der Waals surface area contributed by atoms with Crippen LogP contribution in [-0.2, 0) is 12.0 Å². The summed E-state index contributed by atoms with van der Waals surface area (Å²) in [6, 6.07) is 26.4. The van der Waals surface area contributed by atoms with Crippen molar-refractivity contribution in [3.05, 3.63) is 83.9 Å². The zero-order valence-corrected chi connectivity index (χ0v) is 12.3. The highest BCUT2D eigenvalue weighted by atomic mass is 14.7. The molecule has 0 spiro atoms. The lowest BCUT2D eigenvalue weighted by Crippen LogP contribution is -2.33. The summed E-state index contributed by atoms with van der Waals surface area (Å²) in [5.41, 5.74) is 8.59. The second-order valence-electron chi connectivity index (χ2n) is 5.88. The standard InChI is InChI=1S/C20H20N/c1-20(21,14-13-16-7-3-2-4-8-16)19-12-11-17-9-5-6-10-18(17)15-19/h2-11,15H,13-14,21H2,1H3. The molecule has 3 aromatic carbocycles. The van der Waals surface area contributed by atoms with Gasteiger partial charge >= 0.3 is 0 Å². The Balaban J connectivity index is 1.82. The zero-order chi connectivity index (χ0) is 14.7. The molecule has 0 fully saturated rings. The number of hydrogen-bond donors (Lipinski definition) is 1. The first kappa shape index (κ1) is 13.8. The van der Waals surface area contributed by atoms with E-state index < -0.39 is 0 Å². The number of rotatable bonds is 4. The van der Waals surface area contributed by atoms with Gasteiger partial charge in [0.1, 0.15) is 0 Å². The van der Waals surface area contributed by atoms with Crippen molar-refractivity contribution < 1.29 is 0 Å². The van der Waals surface area contributed by atoms with Crippen LogP contribution in [0.3, 0.4) is 0 Å². The van der Waals surface area contributed by atoms with Crippen LogP contribution >= 0.6 is 0 Å². The Bertz CT molecular complexity index is 729. The van der Waals surface area contributed by atoms with Crippen molar-refractivity contribution in [3.63, 3.8) is 0 Å². The van der Waals surface area contributed by atoms with E-state index in [0.717, 1.165) is 18.4 Å². The third kappa shape index (κ3) is 3.14. The normalized spacial score (nSPS) is 14.0. The summed E-state index contributed by atoms with van der Waals surface area (Å²) >= 11 is 0. The van der Waals surface area contributed by atoms with Crippen LogP contribution in [0.4, 0.5) is 0 Å². The first-order chi connectivity index (χ1) is 10.1. The molecule has 0 aliphatic heterocycles. The third-order valence-electron chi connectivity index (χ3n) is 4.07. The Morgan fingerprint density at radius 2 is 1.62 bits per heavy atom. The van der Waals surface area contributed by atoms with Crippen LogP contribution in [-0.4, -0.2) is 0 Å². The fourth-order valence-corrected chi connectivity index (χ4v) is 2.64. The Labute approximate surface area is 126 Å². The van der Waals surface area contributed by atoms with E-state index in [1.54, 1.807) is 0 Å². The Kier molecular flexibility index (Phi) is 3.76. The molecule has 1 nitrogen and oxygen atoms in total. The van der Waals surface area contributed by atoms with Gasteiger partial charge in [0.15, 0.2) is 0 Å². The highest BCUT2D eigenvalue weighted by molar-refractivity contribution is 5.83. The van der Waals surface area contributed by atoms with Crippen LogP contribution in [0.1, 0.15) is 24.5 Å². The van der Waals surface area contributed by atoms with E-state index in [4.69, 9.17) is 5.73 Å².